The summed E-state index contributed by atoms with van der Waals surface area (Å²) in [7, 11) is -3.53. The molecule has 5 nitrogen and oxygen atoms in total. The smallest absolute Gasteiger partial charge is 0.242 e. The van der Waals surface area contributed by atoms with E-state index in [-0.39, 0.29) is 11.4 Å². The summed E-state index contributed by atoms with van der Waals surface area (Å²) in [5.74, 6) is 0.572. The van der Waals surface area contributed by atoms with Crippen molar-refractivity contribution in [3.63, 3.8) is 0 Å². The van der Waals surface area contributed by atoms with Crippen molar-refractivity contribution >= 4 is 27.5 Å². The van der Waals surface area contributed by atoms with Crippen LogP contribution in [0, 0.1) is 0 Å². The van der Waals surface area contributed by atoms with E-state index in [4.69, 9.17) is 0 Å². The summed E-state index contributed by atoms with van der Waals surface area (Å²) >= 11 is 1.54. The molecule has 1 aromatic rings. The summed E-state index contributed by atoms with van der Waals surface area (Å²) < 4.78 is 27.0. The third-order valence-electron chi connectivity index (χ3n) is 2.83. The number of hydrogen-bond donors (Lipinski definition) is 3. The first-order valence-electron chi connectivity index (χ1n) is 6.86. The number of thioether (sulfide) groups is 1. The van der Waals surface area contributed by atoms with Gasteiger partial charge < -0.3 is 10.4 Å². The second-order valence-electron chi connectivity index (χ2n) is 5.18. The molecule has 1 unspecified atom stereocenters. The van der Waals surface area contributed by atoms with Gasteiger partial charge in [0.15, 0.2) is 0 Å². The Kier molecular flexibility index (Phi) is 6.99. The van der Waals surface area contributed by atoms with Crippen molar-refractivity contribution in [2.24, 2.45) is 0 Å². The Morgan fingerprint density at radius 1 is 1.33 bits per heavy atom. The molecule has 1 aromatic carbocycles. The Bertz CT molecular complexity index is 545. The molecule has 3 N–H and O–H groups in total. The van der Waals surface area contributed by atoms with Crippen molar-refractivity contribution in [1.82, 2.24) is 4.72 Å². The van der Waals surface area contributed by atoms with Gasteiger partial charge in [-0.3, -0.25) is 0 Å². The van der Waals surface area contributed by atoms with Crippen LogP contribution in [0.3, 0.4) is 0 Å². The molecule has 1 atom stereocenters. The largest absolute Gasteiger partial charge is 0.387 e. The Morgan fingerprint density at radius 2 is 2.00 bits per heavy atom. The van der Waals surface area contributed by atoms with Gasteiger partial charge in [-0.25, -0.2) is 13.1 Å². The van der Waals surface area contributed by atoms with Crippen LogP contribution in [0.4, 0.5) is 5.69 Å². The lowest BCUT2D eigenvalue weighted by atomic mass is 10.1. The number of aliphatic hydroxyl groups is 1. The maximum Gasteiger partial charge on any atom is 0.242 e. The van der Waals surface area contributed by atoms with Gasteiger partial charge in [0.25, 0.3) is 0 Å². The minimum absolute atomic E-state index is 0.207. The van der Waals surface area contributed by atoms with Gasteiger partial charge in [0.1, 0.15) is 4.90 Å². The molecular formula is C14H24N2O3S2. The maximum atomic E-state index is 12.2. The fraction of sp³-hybridized carbons (Fsp3) is 0.571. The highest BCUT2D eigenvalue weighted by atomic mass is 32.2. The monoisotopic (exact) mass is 332 g/mol. The van der Waals surface area contributed by atoms with Crippen LogP contribution in [0.1, 0.15) is 20.3 Å². The summed E-state index contributed by atoms with van der Waals surface area (Å²) in [4.78, 5) is 0.207. The van der Waals surface area contributed by atoms with E-state index in [1.54, 1.807) is 43.0 Å². The third kappa shape index (κ3) is 5.86. The molecule has 0 aliphatic heterocycles. The van der Waals surface area contributed by atoms with Gasteiger partial charge in [0.2, 0.25) is 10.0 Å². The van der Waals surface area contributed by atoms with Crippen LogP contribution in [-0.2, 0) is 10.0 Å². The predicted octanol–water partition coefficient (Wildman–Crippen LogP) is 1.90. The lowest BCUT2D eigenvalue weighted by Gasteiger charge is -2.24. The van der Waals surface area contributed by atoms with E-state index in [2.05, 4.69) is 10.0 Å². The zero-order chi connectivity index (χ0) is 15.9. The van der Waals surface area contributed by atoms with Gasteiger partial charge in [-0.05, 0) is 31.7 Å². The van der Waals surface area contributed by atoms with E-state index in [0.717, 1.165) is 6.42 Å². The van der Waals surface area contributed by atoms with Gasteiger partial charge in [0, 0.05) is 18.8 Å². The van der Waals surface area contributed by atoms with Crippen molar-refractivity contribution < 1.29 is 13.5 Å². The highest BCUT2D eigenvalue weighted by Gasteiger charge is 2.22. The molecule has 0 saturated heterocycles. The van der Waals surface area contributed by atoms with E-state index in [1.165, 1.54) is 0 Å². The second kappa shape index (κ2) is 8.03. The zero-order valence-electron chi connectivity index (χ0n) is 12.7. The Balaban J connectivity index is 2.90. The van der Waals surface area contributed by atoms with Crippen molar-refractivity contribution in [3.8, 4) is 0 Å². The van der Waals surface area contributed by atoms with Gasteiger partial charge in [-0.2, -0.15) is 11.8 Å². The molecule has 0 aliphatic carbocycles. The molecule has 0 aromatic heterocycles. The molecule has 0 saturated carbocycles. The topological polar surface area (TPSA) is 78.4 Å². The molecule has 0 aliphatic rings. The Labute approximate surface area is 131 Å². The first-order chi connectivity index (χ1) is 9.82. The molecule has 0 heterocycles. The van der Waals surface area contributed by atoms with Gasteiger partial charge >= 0.3 is 0 Å². The number of para-hydroxylation sites is 1. The molecule has 0 fully saturated rings. The van der Waals surface area contributed by atoms with E-state index in [1.807, 2.05) is 13.2 Å². The van der Waals surface area contributed by atoms with Gasteiger partial charge in [-0.15, -0.1) is 0 Å². The highest BCUT2D eigenvalue weighted by Crippen LogP contribution is 2.22. The number of nitrogens with one attached hydrogen (secondary N) is 2. The number of hydrogen-bond acceptors (Lipinski definition) is 5. The van der Waals surface area contributed by atoms with Crippen molar-refractivity contribution in [2.75, 3.05) is 30.4 Å². The Hall–Kier alpha value is -0.760. The summed E-state index contributed by atoms with van der Waals surface area (Å²) in [5.41, 5.74) is -0.393. The highest BCUT2D eigenvalue weighted by molar-refractivity contribution is 7.98. The summed E-state index contributed by atoms with van der Waals surface area (Å²) in [6, 6.07) is 6.72. The van der Waals surface area contributed by atoms with Crippen LogP contribution in [0.15, 0.2) is 29.2 Å². The fourth-order valence-corrected chi connectivity index (χ4v) is 3.85. The molecule has 21 heavy (non-hydrogen) atoms. The van der Waals surface area contributed by atoms with Gasteiger partial charge in [0.05, 0.1) is 11.3 Å². The molecule has 0 bridgehead atoms. The number of sulfonamides is 1. The fourth-order valence-electron chi connectivity index (χ4n) is 1.81. The molecule has 7 heteroatoms. The zero-order valence-corrected chi connectivity index (χ0v) is 14.4. The number of rotatable bonds is 9. The molecular weight excluding hydrogens is 308 g/mol. The molecule has 0 amide bonds. The van der Waals surface area contributed by atoms with E-state index in [0.29, 0.717) is 18.0 Å². The average molecular weight is 332 g/mol. The lowest BCUT2D eigenvalue weighted by molar-refractivity contribution is 0.0996. The van der Waals surface area contributed by atoms with Crippen LogP contribution in [0.25, 0.3) is 0 Å². The maximum absolute atomic E-state index is 12.2. The second-order valence-corrected chi connectivity index (χ2v) is 7.78. The first kappa shape index (κ1) is 18.3. The predicted molar refractivity (Wildman–Crippen MR) is 89.4 cm³/mol. The summed E-state index contributed by atoms with van der Waals surface area (Å²) in [6.07, 6.45) is 2.65. The molecule has 0 spiro atoms. The van der Waals surface area contributed by atoms with Crippen LogP contribution < -0.4 is 10.0 Å². The average Bonchev–Trinajstić information content (AvgIpc) is 2.43. The SMILES string of the molecule is CCCNS(=O)(=O)c1ccccc1NCC(C)(O)CSC. The standard InChI is InChI=1S/C14H24N2O3S2/c1-4-9-16-21(18,19)13-8-6-5-7-12(13)15-10-14(2,17)11-20-3/h5-8,15-17H,4,9-11H2,1-3H3. The quantitative estimate of drug-likeness (QED) is 0.644. The van der Waals surface area contributed by atoms with Crippen LogP contribution in [0.5, 0.6) is 0 Å². The van der Waals surface area contributed by atoms with Crippen LogP contribution in [0.2, 0.25) is 0 Å². The minimum Gasteiger partial charge on any atom is -0.387 e. The normalized spacial score (nSPS) is 14.7. The van der Waals surface area contributed by atoms with Crippen LogP contribution >= 0.6 is 11.8 Å². The third-order valence-corrected chi connectivity index (χ3v) is 5.26. The Morgan fingerprint density at radius 3 is 2.62 bits per heavy atom. The van der Waals surface area contributed by atoms with E-state index < -0.39 is 15.6 Å². The van der Waals surface area contributed by atoms with E-state index >= 15 is 0 Å². The van der Waals surface area contributed by atoms with Crippen molar-refractivity contribution in [1.29, 1.82) is 0 Å². The van der Waals surface area contributed by atoms with Crippen LogP contribution in [-0.4, -0.2) is 44.2 Å². The first-order valence-corrected chi connectivity index (χ1v) is 9.74. The minimum atomic E-state index is -3.53. The van der Waals surface area contributed by atoms with E-state index in [9.17, 15) is 13.5 Å². The van der Waals surface area contributed by atoms with Gasteiger partial charge in [-0.1, -0.05) is 19.1 Å². The lowest BCUT2D eigenvalue weighted by Crippen LogP contribution is -2.36. The van der Waals surface area contributed by atoms with Crippen molar-refractivity contribution in [2.45, 2.75) is 30.8 Å². The number of anilines is 1. The molecule has 0 radical (unpaired) electrons. The van der Waals surface area contributed by atoms with Crippen molar-refractivity contribution in [3.05, 3.63) is 24.3 Å². The number of benzene rings is 1. The molecule has 120 valence electrons. The summed E-state index contributed by atoms with van der Waals surface area (Å²) in [5, 5.41) is 13.2. The molecule has 1 rings (SSSR count). The summed E-state index contributed by atoms with van der Waals surface area (Å²) in [6.45, 7) is 4.32.